The first kappa shape index (κ1) is 25.3. The van der Waals surface area contributed by atoms with Crippen LogP contribution in [0, 0.1) is 11.8 Å². The van der Waals surface area contributed by atoms with E-state index in [4.69, 9.17) is 19.9 Å². The number of carbonyl (C=O) groups is 2. The van der Waals surface area contributed by atoms with Crippen molar-refractivity contribution in [3.05, 3.63) is 23.8 Å². The van der Waals surface area contributed by atoms with Crippen LogP contribution in [0.1, 0.15) is 65.0 Å². The van der Waals surface area contributed by atoms with E-state index < -0.39 is 11.1 Å². The molecule has 1 saturated carbocycles. The maximum absolute atomic E-state index is 13.4. The molecule has 2 unspecified atom stereocenters. The highest BCUT2D eigenvalue weighted by atomic mass is 16.5. The molecule has 9 nitrogen and oxygen atoms in total. The highest BCUT2D eigenvalue weighted by molar-refractivity contribution is 5.99. The van der Waals surface area contributed by atoms with Gasteiger partial charge >= 0.3 is 0 Å². The van der Waals surface area contributed by atoms with E-state index >= 15 is 0 Å². The lowest BCUT2D eigenvalue weighted by molar-refractivity contribution is -0.132. The molecule has 2 aliphatic heterocycles. The third kappa shape index (κ3) is 5.24. The summed E-state index contributed by atoms with van der Waals surface area (Å²) in [6.07, 6.45) is 2.19. The second-order valence-electron chi connectivity index (χ2n) is 11.1. The number of guanidine groups is 1. The molecule has 0 saturated heterocycles. The number of methoxy groups -OCH3 is 2. The first-order valence-electron chi connectivity index (χ1n) is 12.3. The van der Waals surface area contributed by atoms with Gasteiger partial charge in [0, 0.05) is 32.1 Å². The SMILES string of the molecule is COCC[C@H](C1CC1C(=O)N[C@H]1CC(C)(C)Oc2cccc(OC)c21)N1C(=O)CC(C)(C)N=C1N. The Morgan fingerprint density at radius 1 is 1.31 bits per heavy atom. The molecule has 2 heterocycles. The van der Waals surface area contributed by atoms with Crippen molar-refractivity contribution in [2.45, 2.75) is 76.6 Å². The summed E-state index contributed by atoms with van der Waals surface area (Å²) in [6.45, 7) is 8.29. The minimum Gasteiger partial charge on any atom is -0.496 e. The van der Waals surface area contributed by atoms with Gasteiger partial charge in [-0.05, 0) is 58.6 Å². The molecule has 0 aromatic heterocycles. The van der Waals surface area contributed by atoms with Crippen LogP contribution in [0.2, 0.25) is 0 Å². The zero-order valence-electron chi connectivity index (χ0n) is 21.6. The Balaban J connectivity index is 1.53. The van der Waals surface area contributed by atoms with Gasteiger partial charge in [-0.1, -0.05) is 6.07 Å². The smallest absolute Gasteiger partial charge is 0.231 e. The van der Waals surface area contributed by atoms with E-state index in [0.29, 0.717) is 31.6 Å². The summed E-state index contributed by atoms with van der Waals surface area (Å²) in [5, 5.41) is 3.25. The third-order valence-electron chi connectivity index (χ3n) is 7.13. The molecule has 2 amide bonds. The first-order valence-corrected chi connectivity index (χ1v) is 12.3. The third-order valence-corrected chi connectivity index (χ3v) is 7.13. The molecule has 192 valence electrons. The predicted molar refractivity (Wildman–Crippen MR) is 132 cm³/mol. The van der Waals surface area contributed by atoms with Crippen molar-refractivity contribution in [2.24, 2.45) is 22.6 Å². The number of carbonyl (C=O) groups excluding carboxylic acids is 2. The Morgan fingerprint density at radius 3 is 2.71 bits per heavy atom. The standard InChI is InChI=1S/C26H38N4O5/c1-25(2)14-21(31)30(24(27)29-25)18(10-11-33-5)15-12-16(15)23(32)28-17-13-26(3,4)35-20-9-7-8-19(34-6)22(17)20/h7-9,15-18H,10-14H2,1-6H3,(H2,27,29)(H,28,32)/t15?,16?,17-,18+/m0/s1. The molecule has 1 fully saturated rings. The van der Waals surface area contributed by atoms with Crippen LogP contribution in [0.15, 0.2) is 23.2 Å². The Bertz CT molecular complexity index is 1020. The Labute approximate surface area is 207 Å². The van der Waals surface area contributed by atoms with E-state index in [0.717, 1.165) is 11.3 Å². The van der Waals surface area contributed by atoms with Gasteiger partial charge in [-0.25, -0.2) is 4.99 Å². The summed E-state index contributed by atoms with van der Waals surface area (Å²) in [6, 6.07) is 5.21. The molecular weight excluding hydrogens is 448 g/mol. The molecule has 1 aliphatic carbocycles. The van der Waals surface area contributed by atoms with E-state index in [1.54, 1.807) is 19.1 Å². The number of fused-ring (bicyclic) bond motifs is 1. The van der Waals surface area contributed by atoms with Crippen LogP contribution in [0.25, 0.3) is 0 Å². The van der Waals surface area contributed by atoms with Crippen molar-refractivity contribution in [3.8, 4) is 11.5 Å². The number of nitrogens with two attached hydrogens (primary N) is 1. The quantitative estimate of drug-likeness (QED) is 0.584. The highest BCUT2D eigenvalue weighted by Crippen LogP contribution is 2.48. The van der Waals surface area contributed by atoms with Crippen molar-refractivity contribution in [2.75, 3.05) is 20.8 Å². The fraction of sp³-hybridized carbons (Fsp3) is 0.654. The Hall–Kier alpha value is -2.81. The molecule has 3 aliphatic rings. The van der Waals surface area contributed by atoms with Gasteiger partial charge in [0.1, 0.15) is 17.1 Å². The van der Waals surface area contributed by atoms with Crippen molar-refractivity contribution in [3.63, 3.8) is 0 Å². The van der Waals surface area contributed by atoms with Gasteiger partial charge in [-0.15, -0.1) is 0 Å². The summed E-state index contributed by atoms with van der Waals surface area (Å²) >= 11 is 0. The number of hydrogen-bond donors (Lipinski definition) is 2. The summed E-state index contributed by atoms with van der Waals surface area (Å²) in [5.74, 6) is 1.34. The largest absolute Gasteiger partial charge is 0.496 e. The van der Waals surface area contributed by atoms with Crippen LogP contribution < -0.4 is 20.5 Å². The fourth-order valence-electron chi connectivity index (χ4n) is 5.53. The molecule has 4 rings (SSSR count). The summed E-state index contributed by atoms with van der Waals surface area (Å²) in [5.41, 5.74) is 6.16. The predicted octanol–water partition coefficient (Wildman–Crippen LogP) is 2.78. The first-order chi connectivity index (χ1) is 16.5. The lowest BCUT2D eigenvalue weighted by Gasteiger charge is -2.39. The normalized spacial score (nSPS) is 27.3. The van der Waals surface area contributed by atoms with Gasteiger partial charge in [0.05, 0.1) is 30.7 Å². The minimum atomic E-state index is -0.522. The van der Waals surface area contributed by atoms with E-state index in [1.807, 2.05) is 45.9 Å². The number of amides is 2. The zero-order chi connectivity index (χ0) is 25.5. The molecule has 35 heavy (non-hydrogen) atoms. The van der Waals surface area contributed by atoms with Crippen LogP contribution in [0.5, 0.6) is 11.5 Å². The number of nitrogens with zero attached hydrogens (tertiary/aromatic N) is 2. The number of nitrogens with one attached hydrogen (secondary N) is 1. The maximum Gasteiger partial charge on any atom is 0.231 e. The monoisotopic (exact) mass is 486 g/mol. The van der Waals surface area contributed by atoms with Crippen LogP contribution in [-0.4, -0.2) is 60.7 Å². The van der Waals surface area contributed by atoms with Gasteiger partial charge < -0.3 is 25.3 Å². The highest BCUT2D eigenvalue weighted by Gasteiger charge is 2.52. The molecule has 1 aromatic carbocycles. The lowest BCUT2D eigenvalue weighted by Crippen LogP contribution is -2.55. The summed E-state index contributed by atoms with van der Waals surface area (Å²) in [4.78, 5) is 32.6. The average molecular weight is 487 g/mol. The van der Waals surface area contributed by atoms with Crippen LogP contribution in [0.3, 0.4) is 0 Å². The van der Waals surface area contributed by atoms with Crippen molar-refractivity contribution in [1.29, 1.82) is 0 Å². The van der Waals surface area contributed by atoms with E-state index in [9.17, 15) is 9.59 Å². The van der Waals surface area contributed by atoms with Gasteiger partial charge in [-0.2, -0.15) is 0 Å². The van der Waals surface area contributed by atoms with Crippen molar-refractivity contribution in [1.82, 2.24) is 10.2 Å². The molecule has 4 atom stereocenters. The minimum absolute atomic E-state index is 0.00551. The molecule has 0 radical (unpaired) electrons. The Morgan fingerprint density at radius 2 is 2.06 bits per heavy atom. The van der Waals surface area contributed by atoms with Crippen molar-refractivity contribution < 1.29 is 23.8 Å². The van der Waals surface area contributed by atoms with Crippen LogP contribution in [0.4, 0.5) is 0 Å². The molecule has 3 N–H and O–H groups in total. The number of ether oxygens (including phenoxy) is 3. The van der Waals surface area contributed by atoms with Gasteiger partial charge in [0.25, 0.3) is 0 Å². The van der Waals surface area contributed by atoms with Crippen molar-refractivity contribution >= 4 is 17.8 Å². The van der Waals surface area contributed by atoms with Crippen LogP contribution >= 0.6 is 0 Å². The molecule has 0 spiro atoms. The topological polar surface area (TPSA) is 115 Å². The van der Waals surface area contributed by atoms with Gasteiger partial charge in [-0.3, -0.25) is 14.5 Å². The molecular formula is C26H38N4O5. The summed E-state index contributed by atoms with van der Waals surface area (Å²) in [7, 11) is 3.25. The number of benzene rings is 1. The van der Waals surface area contributed by atoms with Gasteiger partial charge in [0.2, 0.25) is 11.8 Å². The van der Waals surface area contributed by atoms with Crippen LogP contribution in [-0.2, 0) is 14.3 Å². The summed E-state index contributed by atoms with van der Waals surface area (Å²) < 4.78 is 17.0. The lowest BCUT2D eigenvalue weighted by atomic mass is 9.89. The zero-order valence-corrected chi connectivity index (χ0v) is 21.6. The second kappa shape index (κ2) is 9.33. The van der Waals surface area contributed by atoms with E-state index in [-0.39, 0.29) is 48.1 Å². The van der Waals surface area contributed by atoms with E-state index in [2.05, 4.69) is 10.3 Å². The fourth-order valence-corrected chi connectivity index (χ4v) is 5.53. The number of aliphatic imine (C=N–C) groups is 1. The number of hydrogen-bond acceptors (Lipinski definition) is 7. The number of rotatable bonds is 8. The Kier molecular flexibility index (Phi) is 6.74. The average Bonchev–Trinajstić information content (AvgIpc) is 3.54. The van der Waals surface area contributed by atoms with Gasteiger partial charge in [0.15, 0.2) is 5.96 Å². The molecule has 9 heteroatoms. The second-order valence-corrected chi connectivity index (χ2v) is 11.1. The molecule has 0 bridgehead atoms. The molecule has 1 aromatic rings. The van der Waals surface area contributed by atoms with E-state index in [1.165, 1.54) is 0 Å². The maximum atomic E-state index is 13.4.